The van der Waals surface area contributed by atoms with Crippen LogP contribution in [0.2, 0.25) is 0 Å². The predicted molar refractivity (Wildman–Crippen MR) is 99.9 cm³/mol. The Morgan fingerprint density at radius 1 is 1.37 bits per heavy atom. The molecule has 0 radical (unpaired) electrons. The maximum absolute atomic E-state index is 12.5. The molecule has 0 unspecified atom stereocenters. The highest BCUT2D eigenvalue weighted by Gasteiger charge is 2.21. The number of nitrogens with one attached hydrogen (secondary N) is 2. The molecule has 2 N–H and O–H groups in total. The second-order valence-corrected chi connectivity index (χ2v) is 8.44. The topological polar surface area (TPSA) is 102 Å². The van der Waals surface area contributed by atoms with E-state index in [1.54, 1.807) is 19.3 Å². The Morgan fingerprint density at radius 2 is 2.11 bits per heavy atom. The minimum Gasteiger partial charge on any atom is -0.474 e. The normalized spacial score (nSPS) is 15.0. The molecular weight excluding hydrogens is 368 g/mol. The summed E-state index contributed by atoms with van der Waals surface area (Å²) in [7, 11) is -0.644. The van der Waals surface area contributed by atoms with E-state index >= 15 is 0 Å². The maximum atomic E-state index is 12.5. The molecular formula is C18H24N4O4S. The van der Waals surface area contributed by atoms with Crippen molar-refractivity contribution in [1.82, 2.24) is 19.6 Å². The monoisotopic (exact) mass is 392 g/mol. The van der Waals surface area contributed by atoms with E-state index in [0.717, 1.165) is 31.2 Å². The van der Waals surface area contributed by atoms with E-state index < -0.39 is 10.0 Å². The number of rotatable bonds is 7. The van der Waals surface area contributed by atoms with Crippen molar-refractivity contribution < 1.29 is 17.9 Å². The third-order valence-corrected chi connectivity index (χ3v) is 6.04. The Kier molecular flexibility index (Phi) is 5.81. The highest BCUT2D eigenvalue weighted by Crippen LogP contribution is 2.25. The number of sulfonamides is 1. The molecule has 0 saturated heterocycles. The highest BCUT2D eigenvalue weighted by molar-refractivity contribution is 7.89. The molecule has 1 aliphatic carbocycles. The lowest BCUT2D eigenvalue weighted by Crippen LogP contribution is -2.25. The van der Waals surface area contributed by atoms with Crippen molar-refractivity contribution in [3.05, 3.63) is 41.9 Å². The lowest BCUT2D eigenvalue weighted by molar-refractivity contribution is 0.0942. The molecule has 0 aliphatic heterocycles. The van der Waals surface area contributed by atoms with E-state index in [-0.39, 0.29) is 29.1 Å². The van der Waals surface area contributed by atoms with Gasteiger partial charge in [-0.25, -0.2) is 18.1 Å². The van der Waals surface area contributed by atoms with Crippen LogP contribution < -0.4 is 14.8 Å². The van der Waals surface area contributed by atoms with Crippen LogP contribution in [0.5, 0.6) is 5.88 Å². The first kappa shape index (κ1) is 19.4. The molecule has 0 atom stereocenters. The number of hydrogen-bond acceptors (Lipinski definition) is 5. The molecule has 1 saturated carbocycles. The summed E-state index contributed by atoms with van der Waals surface area (Å²) in [5, 5.41) is 2.81. The van der Waals surface area contributed by atoms with E-state index in [1.165, 1.54) is 23.9 Å². The van der Waals surface area contributed by atoms with Crippen LogP contribution in [0, 0.1) is 0 Å². The summed E-state index contributed by atoms with van der Waals surface area (Å²) in [4.78, 5) is 16.9. The van der Waals surface area contributed by atoms with E-state index in [1.807, 2.05) is 6.07 Å². The molecule has 1 amide bonds. The number of pyridine rings is 1. The predicted octanol–water partition coefficient (Wildman–Crippen LogP) is 1.58. The van der Waals surface area contributed by atoms with Crippen molar-refractivity contribution in [2.75, 3.05) is 7.05 Å². The number of carbonyl (C=O) groups excluding carboxylic acids is 1. The average Bonchev–Trinajstić information content (AvgIpc) is 3.30. The van der Waals surface area contributed by atoms with Crippen molar-refractivity contribution in [1.29, 1.82) is 0 Å². The number of nitrogens with zero attached hydrogens (tertiary/aromatic N) is 2. The Hall–Kier alpha value is -2.39. The van der Waals surface area contributed by atoms with Gasteiger partial charge in [-0.1, -0.05) is 6.07 Å². The average molecular weight is 392 g/mol. The van der Waals surface area contributed by atoms with Crippen molar-refractivity contribution in [2.45, 2.75) is 43.2 Å². The second-order valence-electron chi connectivity index (χ2n) is 6.55. The molecule has 3 rings (SSSR count). The van der Waals surface area contributed by atoms with E-state index in [9.17, 15) is 13.2 Å². The lowest BCUT2D eigenvalue weighted by Gasteiger charge is -2.15. The van der Waals surface area contributed by atoms with Crippen LogP contribution in [0.25, 0.3) is 0 Å². The fourth-order valence-electron chi connectivity index (χ4n) is 3.12. The molecule has 2 heterocycles. The van der Waals surface area contributed by atoms with Crippen LogP contribution in [0.3, 0.4) is 0 Å². The zero-order chi connectivity index (χ0) is 19.4. The summed E-state index contributed by atoms with van der Waals surface area (Å²) in [5.41, 5.74) is 1.04. The Balaban J connectivity index is 1.69. The van der Waals surface area contributed by atoms with Crippen molar-refractivity contribution in [2.24, 2.45) is 7.05 Å². The number of hydrogen-bond donors (Lipinski definition) is 2. The molecule has 1 aliphatic rings. The van der Waals surface area contributed by atoms with Crippen molar-refractivity contribution in [3.63, 3.8) is 0 Å². The zero-order valence-electron chi connectivity index (χ0n) is 15.4. The summed E-state index contributed by atoms with van der Waals surface area (Å²) in [5.74, 6) is 0.167. The van der Waals surface area contributed by atoms with Crippen LogP contribution in [0.15, 0.2) is 35.5 Å². The van der Waals surface area contributed by atoms with Crippen LogP contribution in [0.4, 0.5) is 0 Å². The summed E-state index contributed by atoms with van der Waals surface area (Å²) in [6, 6.07) is 5.00. The van der Waals surface area contributed by atoms with Crippen molar-refractivity contribution >= 4 is 15.9 Å². The van der Waals surface area contributed by atoms with Gasteiger partial charge >= 0.3 is 0 Å². The quantitative estimate of drug-likeness (QED) is 0.745. The molecule has 1 fully saturated rings. The molecule has 27 heavy (non-hydrogen) atoms. The summed E-state index contributed by atoms with van der Waals surface area (Å²) in [6.07, 6.45) is 7.62. The van der Waals surface area contributed by atoms with E-state index in [4.69, 9.17) is 4.74 Å². The van der Waals surface area contributed by atoms with Gasteiger partial charge in [0.15, 0.2) is 0 Å². The van der Waals surface area contributed by atoms with Crippen LogP contribution >= 0.6 is 0 Å². The molecule has 146 valence electrons. The first-order valence-electron chi connectivity index (χ1n) is 8.89. The minimum atomic E-state index is -3.60. The fourth-order valence-corrected chi connectivity index (χ4v) is 3.92. The first-order chi connectivity index (χ1) is 12.9. The van der Waals surface area contributed by atoms with Crippen LogP contribution in [0.1, 0.15) is 41.7 Å². The van der Waals surface area contributed by atoms with Gasteiger partial charge in [-0.2, -0.15) is 0 Å². The van der Waals surface area contributed by atoms with Gasteiger partial charge in [-0.05, 0) is 44.9 Å². The summed E-state index contributed by atoms with van der Waals surface area (Å²) in [6.45, 7) is 0.244. The van der Waals surface area contributed by atoms with Gasteiger partial charge in [0.05, 0.1) is 0 Å². The standard InChI is InChI=1S/C18H24N4O4S/c1-19-27(24,25)15-10-16(22(2)12-15)17(23)21-11-13-6-5-9-20-18(13)26-14-7-3-4-8-14/h5-6,9-10,12,14,19H,3-4,7-8,11H2,1-2H3,(H,21,23). The third-order valence-electron chi connectivity index (χ3n) is 4.66. The number of ether oxygens (including phenoxy) is 1. The van der Waals surface area contributed by atoms with Crippen LogP contribution in [-0.2, 0) is 23.6 Å². The molecule has 2 aromatic heterocycles. The SMILES string of the molecule is CNS(=O)(=O)c1cc(C(=O)NCc2cccnc2OC2CCCC2)n(C)c1. The van der Waals surface area contributed by atoms with Gasteiger partial charge in [-0.15, -0.1) is 0 Å². The highest BCUT2D eigenvalue weighted by atomic mass is 32.2. The fraction of sp³-hybridized carbons (Fsp3) is 0.444. The number of amides is 1. The Morgan fingerprint density at radius 3 is 2.81 bits per heavy atom. The molecule has 0 aromatic carbocycles. The Bertz CT molecular complexity index is 917. The van der Waals surface area contributed by atoms with Crippen molar-refractivity contribution in [3.8, 4) is 5.88 Å². The molecule has 9 heteroatoms. The van der Waals surface area contributed by atoms with Gasteiger partial charge in [0.1, 0.15) is 16.7 Å². The van der Waals surface area contributed by atoms with Gasteiger partial charge < -0.3 is 14.6 Å². The largest absolute Gasteiger partial charge is 0.474 e. The van der Waals surface area contributed by atoms with Gasteiger partial charge in [0.25, 0.3) is 5.91 Å². The van der Waals surface area contributed by atoms with E-state index in [2.05, 4.69) is 15.0 Å². The number of carbonyl (C=O) groups is 1. The zero-order valence-corrected chi connectivity index (χ0v) is 16.3. The third kappa shape index (κ3) is 4.48. The van der Waals surface area contributed by atoms with E-state index in [0.29, 0.717) is 5.88 Å². The Labute approximate surface area is 159 Å². The summed E-state index contributed by atoms with van der Waals surface area (Å²) >= 11 is 0. The number of aryl methyl sites for hydroxylation is 1. The molecule has 0 spiro atoms. The first-order valence-corrected chi connectivity index (χ1v) is 10.4. The maximum Gasteiger partial charge on any atom is 0.268 e. The lowest BCUT2D eigenvalue weighted by atomic mass is 10.2. The smallest absolute Gasteiger partial charge is 0.268 e. The molecule has 0 bridgehead atoms. The summed E-state index contributed by atoms with van der Waals surface area (Å²) < 4.78 is 33.5. The van der Waals surface area contributed by atoms with Gasteiger partial charge in [0, 0.05) is 31.5 Å². The molecule has 8 nitrogen and oxygen atoms in total. The number of aromatic nitrogens is 2. The molecule has 2 aromatic rings. The van der Waals surface area contributed by atoms with Gasteiger partial charge in [-0.3, -0.25) is 4.79 Å². The van der Waals surface area contributed by atoms with Crippen LogP contribution in [-0.4, -0.2) is 37.0 Å². The van der Waals surface area contributed by atoms with Gasteiger partial charge in [0.2, 0.25) is 15.9 Å². The second kappa shape index (κ2) is 8.10. The minimum absolute atomic E-state index is 0.0456.